The molecule has 1 aromatic carbocycles. The number of benzene rings is 1. The van der Waals surface area contributed by atoms with Crippen molar-refractivity contribution < 1.29 is 18.4 Å². The van der Waals surface area contributed by atoms with Gasteiger partial charge in [0, 0.05) is 36.9 Å². The van der Waals surface area contributed by atoms with Gasteiger partial charge in [-0.15, -0.1) is 0 Å². The molecule has 0 bridgehead atoms. The fourth-order valence-corrected chi connectivity index (χ4v) is 3.89. The zero-order valence-electron chi connectivity index (χ0n) is 14.0. The molecule has 0 saturated carbocycles. The Kier molecular flexibility index (Phi) is 4.28. The van der Waals surface area contributed by atoms with Gasteiger partial charge in [0.2, 0.25) is 5.91 Å². The SMILES string of the molecule is CCC1(N2CCC(c3noc4cc(F)ccc34)CC2)OCCCO1. The van der Waals surface area contributed by atoms with E-state index in [1.807, 2.05) is 0 Å². The van der Waals surface area contributed by atoms with Crippen LogP contribution in [0.3, 0.4) is 0 Å². The first-order valence-electron chi connectivity index (χ1n) is 8.79. The molecule has 1 aromatic heterocycles. The van der Waals surface area contributed by atoms with Gasteiger partial charge >= 0.3 is 0 Å². The summed E-state index contributed by atoms with van der Waals surface area (Å²) in [4.78, 5) is 2.31. The van der Waals surface area contributed by atoms with E-state index in [2.05, 4.69) is 17.0 Å². The monoisotopic (exact) mass is 334 g/mol. The molecule has 0 aliphatic carbocycles. The van der Waals surface area contributed by atoms with Crippen LogP contribution in [0, 0.1) is 5.82 Å². The minimum absolute atomic E-state index is 0.295. The molecule has 0 spiro atoms. The number of nitrogens with zero attached hydrogens (tertiary/aromatic N) is 2. The van der Waals surface area contributed by atoms with Gasteiger partial charge in [-0.3, -0.25) is 4.90 Å². The normalized spacial score (nSPS) is 22.9. The molecule has 0 N–H and O–H groups in total. The van der Waals surface area contributed by atoms with Gasteiger partial charge in [-0.25, -0.2) is 4.39 Å². The second kappa shape index (κ2) is 6.43. The molecule has 130 valence electrons. The highest BCUT2D eigenvalue weighted by molar-refractivity contribution is 5.79. The second-order valence-electron chi connectivity index (χ2n) is 6.59. The maximum Gasteiger partial charge on any atom is 0.229 e. The van der Waals surface area contributed by atoms with Crippen molar-refractivity contribution in [2.24, 2.45) is 0 Å². The number of rotatable bonds is 3. The third-order valence-electron chi connectivity index (χ3n) is 5.22. The van der Waals surface area contributed by atoms with Crippen LogP contribution in [-0.2, 0) is 9.47 Å². The van der Waals surface area contributed by atoms with Crippen molar-refractivity contribution in [2.75, 3.05) is 26.3 Å². The highest BCUT2D eigenvalue weighted by Crippen LogP contribution is 2.37. The summed E-state index contributed by atoms with van der Waals surface area (Å²) in [6.07, 6.45) is 3.71. The smallest absolute Gasteiger partial charge is 0.229 e. The molecule has 0 atom stereocenters. The van der Waals surface area contributed by atoms with Crippen molar-refractivity contribution in [1.82, 2.24) is 10.1 Å². The predicted octanol–water partition coefficient (Wildman–Crippen LogP) is 3.65. The van der Waals surface area contributed by atoms with Crippen molar-refractivity contribution in [3.05, 3.63) is 29.7 Å². The summed E-state index contributed by atoms with van der Waals surface area (Å²) >= 11 is 0. The van der Waals surface area contributed by atoms with Crippen molar-refractivity contribution in [2.45, 2.75) is 44.4 Å². The molecule has 4 rings (SSSR count). The molecule has 2 aliphatic rings. The van der Waals surface area contributed by atoms with Crippen LogP contribution in [0.25, 0.3) is 11.0 Å². The fourth-order valence-electron chi connectivity index (χ4n) is 3.89. The first kappa shape index (κ1) is 16.0. The lowest BCUT2D eigenvalue weighted by Crippen LogP contribution is -2.57. The van der Waals surface area contributed by atoms with Gasteiger partial charge in [0.25, 0.3) is 0 Å². The van der Waals surface area contributed by atoms with Crippen molar-refractivity contribution >= 4 is 11.0 Å². The van der Waals surface area contributed by atoms with Crippen molar-refractivity contribution in [3.8, 4) is 0 Å². The number of aromatic nitrogens is 1. The van der Waals surface area contributed by atoms with Gasteiger partial charge in [-0.2, -0.15) is 0 Å². The summed E-state index contributed by atoms with van der Waals surface area (Å²) in [5, 5.41) is 5.13. The fraction of sp³-hybridized carbons (Fsp3) is 0.611. The lowest BCUT2D eigenvalue weighted by atomic mass is 9.91. The van der Waals surface area contributed by atoms with E-state index >= 15 is 0 Å². The summed E-state index contributed by atoms with van der Waals surface area (Å²) in [5.74, 6) is -0.528. The third-order valence-corrected chi connectivity index (χ3v) is 5.22. The van der Waals surface area contributed by atoms with E-state index in [4.69, 9.17) is 14.0 Å². The highest BCUT2D eigenvalue weighted by atomic mass is 19.1. The number of fused-ring (bicyclic) bond motifs is 1. The molecule has 24 heavy (non-hydrogen) atoms. The topological polar surface area (TPSA) is 47.7 Å². The van der Waals surface area contributed by atoms with E-state index in [1.165, 1.54) is 12.1 Å². The van der Waals surface area contributed by atoms with E-state index in [1.54, 1.807) is 6.07 Å². The number of halogens is 1. The van der Waals surface area contributed by atoms with Gasteiger partial charge in [-0.1, -0.05) is 12.1 Å². The number of hydrogen-bond acceptors (Lipinski definition) is 5. The molecular formula is C18H23FN2O3. The Hall–Kier alpha value is -1.50. The third kappa shape index (κ3) is 2.72. The van der Waals surface area contributed by atoms with Crippen molar-refractivity contribution in [1.29, 1.82) is 0 Å². The minimum Gasteiger partial charge on any atom is -0.356 e. The molecular weight excluding hydrogens is 311 g/mol. The molecule has 0 unspecified atom stereocenters. The quantitative estimate of drug-likeness (QED) is 0.857. The first-order valence-corrected chi connectivity index (χ1v) is 8.79. The summed E-state index contributed by atoms with van der Waals surface area (Å²) in [7, 11) is 0. The molecule has 0 radical (unpaired) electrons. The maximum absolute atomic E-state index is 13.3. The van der Waals surface area contributed by atoms with Crippen LogP contribution in [-0.4, -0.2) is 42.3 Å². The van der Waals surface area contributed by atoms with Crippen LogP contribution in [0.4, 0.5) is 4.39 Å². The summed E-state index contributed by atoms with van der Waals surface area (Å²) < 4.78 is 30.6. The van der Waals surface area contributed by atoms with Gasteiger partial charge in [0.05, 0.1) is 18.9 Å². The molecule has 0 amide bonds. The van der Waals surface area contributed by atoms with Gasteiger partial charge in [-0.05, 0) is 31.4 Å². The Morgan fingerprint density at radius 2 is 2.00 bits per heavy atom. The van der Waals surface area contributed by atoms with E-state index < -0.39 is 5.91 Å². The van der Waals surface area contributed by atoms with Crippen LogP contribution in [0.15, 0.2) is 22.7 Å². The number of hydrogen-bond donors (Lipinski definition) is 0. The molecule has 2 aromatic rings. The van der Waals surface area contributed by atoms with E-state index in [-0.39, 0.29) is 5.82 Å². The average Bonchev–Trinajstić information content (AvgIpc) is 3.05. The molecule has 2 aliphatic heterocycles. The lowest BCUT2D eigenvalue weighted by molar-refractivity contribution is -0.344. The highest BCUT2D eigenvalue weighted by Gasteiger charge is 2.41. The standard InChI is InChI=1S/C18H23FN2O3/c1-2-18(22-10-3-11-23-18)21-8-6-13(7-9-21)17-15-5-4-14(19)12-16(15)24-20-17/h4-5,12-13H,2-3,6-11H2,1H3. The zero-order valence-corrected chi connectivity index (χ0v) is 14.0. The Bertz CT molecular complexity index is 703. The van der Waals surface area contributed by atoms with E-state index in [9.17, 15) is 4.39 Å². The van der Waals surface area contributed by atoms with Gasteiger partial charge < -0.3 is 14.0 Å². The molecule has 2 fully saturated rings. The molecule has 3 heterocycles. The summed E-state index contributed by atoms with van der Waals surface area (Å²) in [6, 6.07) is 4.63. The van der Waals surface area contributed by atoms with E-state index in [0.29, 0.717) is 11.5 Å². The Balaban J connectivity index is 1.49. The number of likely N-dealkylation sites (tertiary alicyclic amines) is 1. The largest absolute Gasteiger partial charge is 0.356 e. The Morgan fingerprint density at radius 1 is 1.25 bits per heavy atom. The van der Waals surface area contributed by atoms with Gasteiger partial charge in [0.15, 0.2) is 5.58 Å². The molecule has 5 nitrogen and oxygen atoms in total. The number of piperidine rings is 1. The second-order valence-corrected chi connectivity index (χ2v) is 6.59. The predicted molar refractivity (Wildman–Crippen MR) is 87.1 cm³/mol. The van der Waals surface area contributed by atoms with Crippen LogP contribution >= 0.6 is 0 Å². The van der Waals surface area contributed by atoms with Crippen LogP contribution < -0.4 is 0 Å². The Labute approximate surface area is 140 Å². The summed E-state index contributed by atoms with van der Waals surface area (Å²) in [5.41, 5.74) is 1.47. The van der Waals surface area contributed by atoms with Crippen LogP contribution in [0.2, 0.25) is 0 Å². The Morgan fingerprint density at radius 3 is 2.71 bits per heavy atom. The lowest BCUT2D eigenvalue weighted by Gasteiger charge is -2.47. The van der Waals surface area contributed by atoms with Crippen LogP contribution in [0.1, 0.15) is 44.2 Å². The minimum atomic E-state index is -0.557. The molecule has 6 heteroatoms. The maximum atomic E-state index is 13.3. The van der Waals surface area contributed by atoms with E-state index in [0.717, 1.165) is 63.1 Å². The molecule has 2 saturated heterocycles. The zero-order chi connectivity index (χ0) is 16.6. The first-order chi connectivity index (χ1) is 11.7. The van der Waals surface area contributed by atoms with Gasteiger partial charge in [0.1, 0.15) is 5.82 Å². The average molecular weight is 334 g/mol. The number of ether oxygens (including phenoxy) is 2. The van der Waals surface area contributed by atoms with Crippen LogP contribution in [0.5, 0.6) is 0 Å². The summed E-state index contributed by atoms with van der Waals surface area (Å²) in [6.45, 7) is 5.42. The van der Waals surface area contributed by atoms with Crippen molar-refractivity contribution in [3.63, 3.8) is 0 Å².